The molecule has 0 aromatic heterocycles. The van der Waals surface area contributed by atoms with Crippen LogP contribution in [0.4, 0.5) is 10.5 Å². The van der Waals surface area contributed by atoms with E-state index in [-0.39, 0.29) is 17.5 Å². The largest absolute Gasteiger partial charge is 0.493 e. The van der Waals surface area contributed by atoms with Gasteiger partial charge in [0, 0.05) is 34.3 Å². The molecule has 1 saturated heterocycles. The lowest BCUT2D eigenvalue weighted by atomic mass is 9.64. The standard InChI is InChI=1S/C28H36ClN3O3/c1-18-7-9-20(29)16-23(18)31-27(33)30-21-11-12-28(19-8-10-24(34-2)25(15-19)35-3)13-14-32(26(28)17-21)22-5-4-6-22/h7-10,15-16,21-22,26H,4-6,11-14,17H2,1-3H3,(H2,30,31,33). The van der Waals surface area contributed by atoms with Gasteiger partial charge in [-0.2, -0.15) is 0 Å². The van der Waals surface area contributed by atoms with Gasteiger partial charge in [-0.05, 0) is 87.4 Å². The van der Waals surface area contributed by atoms with Crippen molar-refractivity contribution in [2.24, 2.45) is 0 Å². The zero-order valence-electron chi connectivity index (χ0n) is 20.9. The van der Waals surface area contributed by atoms with Crippen LogP contribution in [0, 0.1) is 6.92 Å². The SMILES string of the molecule is COc1ccc(C23CCC(NC(=O)Nc4cc(Cl)ccc4C)CC2N(C2CCC2)CC3)cc1OC. The maximum atomic E-state index is 12.9. The van der Waals surface area contributed by atoms with Crippen molar-refractivity contribution in [2.45, 2.75) is 75.4 Å². The summed E-state index contributed by atoms with van der Waals surface area (Å²) in [7, 11) is 3.38. The van der Waals surface area contributed by atoms with E-state index in [1.165, 1.54) is 24.8 Å². The molecule has 35 heavy (non-hydrogen) atoms. The molecule has 3 unspecified atom stereocenters. The number of carbonyl (C=O) groups is 1. The molecule has 2 amide bonds. The van der Waals surface area contributed by atoms with Crippen LogP contribution in [0.1, 0.15) is 56.1 Å². The highest BCUT2D eigenvalue weighted by Crippen LogP contribution is 2.52. The van der Waals surface area contributed by atoms with Crippen LogP contribution >= 0.6 is 11.6 Å². The van der Waals surface area contributed by atoms with E-state index >= 15 is 0 Å². The summed E-state index contributed by atoms with van der Waals surface area (Å²) in [6.45, 7) is 3.09. The number of amides is 2. The molecular formula is C28H36ClN3O3. The number of methoxy groups -OCH3 is 2. The van der Waals surface area contributed by atoms with Gasteiger partial charge in [-0.15, -0.1) is 0 Å². The summed E-state index contributed by atoms with van der Waals surface area (Å²) in [5.74, 6) is 1.55. The number of nitrogens with zero attached hydrogens (tertiary/aromatic N) is 1. The number of ether oxygens (including phenoxy) is 2. The number of fused-ring (bicyclic) bond motifs is 1. The second-order valence-corrected chi connectivity index (χ2v) is 10.8. The van der Waals surface area contributed by atoms with Crippen LogP contribution in [-0.2, 0) is 5.41 Å². The number of anilines is 1. The molecule has 1 aliphatic heterocycles. The third-order valence-electron chi connectivity index (χ3n) is 8.59. The first-order valence-electron chi connectivity index (χ1n) is 12.8. The number of hydrogen-bond donors (Lipinski definition) is 2. The number of likely N-dealkylation sites (tertiary alicyclic amines) is 1. The third kappa shape index (κ3) is 4.58. The summed E-state index contributed by atoms with van der Waals surface area (Å²) < 4.78 is 11.2. The molecule has 1 heterocycles. The van der Waals surface area contributed by atoms with Crippen molar-refractivity contribution in [3.8, 4) is 11.5 Å². The van der Waals surface area contributed by atoms with Crippen LogP contribution in [0.25, 0.3) is 0 Å². The highest BCUT2D eigenvalue weighted by atomic mass is 35.5. The summed E-state index contributed by atoms with van der Waals surface area (Å²) in [6.07, 6.45) is 7.97. The van der Waals surface area contributed by atoms with Crippen LogP contribution in [0.2, 0.25) is 5.02 Å². The summed E-state index contributed by atoms with van der Waals surface area (Å²) in [5, 5.41) is 6.89. The van der Waals surface area contributed by atoms with Gasteiger partial charge in [0.1, 0.15) is 0 Å². The molecule has 3 fully saturated rings. The first-order valence-corrected chi connectivity index (χ1v) is 13.1. The molecule has 6 nitrogen and oxygen atoms in total. The average Bonchev–Trinajstić information content (AvgIpc) is 3.19. The Bertz CT molecular complexity index is 1090. The van der Waals surface area contributed by atoms with Gasteiger partial charge in [0.15, 0.2) is 11.5 Å². The van der Waals surface area contributed by atoms with Gasteiger partial charge in [-0.1, -0.05) is 30.2 Å². The van der Waals surface area contributed by atoms with Gasteiger partial charge < -0.3 is 20.1 Å². The van der Waals surface area contributed by atoms with Crippen molar-refractivity contribution >= 4 is 23.3 Å². The van der Waals surface area contributed by atoms with Crippen molar-refractivity contribution in [1.29, 1.82) is 0 Å². The number of nitrogens with one attached hydrogen (secondary N) is 2. The average molecular weight is 498 g/mol. The highest BCUT2D eigenvalue weighted by Gasteiger charge is 2.53. The smallest absolute Gasteiger partial charge is 0.319 e. The molecule has 2 saturated carbocycles. The Hall–Kier alpha value is -2.44. The molecule has 3 aliphatic rings. The lowest BCUT2D eigenvalue weighted by Gasteiger charge is -2.48. The zero-order chi connectivity index (χ0) is 24.6. The van der Waals surface area contributed by atoms with E-state index in [1.54, 1.807) is 20.3 Å². The van der Waals surface area contributed by atoms with Crippen molar-refractivity contribution in [3.63, 3.8) is 0 Å². The van der Waals surface area contributed by atoms with E-state index in [4.69, 9.17) is 21.1 Å². The Labute approximate surface area is 213 Å². The second kappa shape index (κ2) is 9.90. The molecule has 2 N–H and O–H groups in total. The molecule has 3 atom stereocenters. The topological polar surface area (TPSA) is 62.8 Å². The van der Waals surface area contributed by atoms with Crippen molar-refractivity contribution in [2.75, 3.05) is 26.1 Å². The molecule has 2 aliphatic carbocycles. The Balaban J connectivity index is 1.36. The monoisotopic (exact) mass is 497 g/mol. The first-order chi connectivity index (χ1) is 16.9. The van der Waals surface area contributed by atoms with Gasteiger partial charge in [0.05, 0.1) is 14.2 Å². The number of urea groups is 1. The minimum atomic E-state index is -0.160. The van der Waals surface area contributed by atoms with Crippen molar-refractivity contribution in [1.82, 2.24) is 10.2 Å². The molecule has 5 rings (SSSR count). The van der Waals surface area contributed by atoms with Gasteiger partial charge in [-0.3, -0.25) is 4.90 Å². The van der Waals surface area contributed by atoms with Crippen LogP contribution in [0.3, 0.4) is 0 Å². The Morgan fingerprint density at radius 2 is 1.86 bits per heavy atom. The Morgan fingerprint density at radius 3 is 2.57 bits per heavy atom. The number of hydrogen-bond acceptors (Lipinski definition) is 4. The number of carbonyl (C=O) groups excluding carboxylic acids is 1. The van der Waals surface area contributed by atoms with Crippen molar-refractivity contribution in [3.05, 3.63) is 52.5 Å². The van der Waals surface area contributed by atoms with Crippen molar-refractivity contribution < 1.29 is 14.3 Å². The van der Waals surface area contributed by atoms with Gasteiger partial charge in [-0.25, -0.2) is 4.79 Å². The van der Waals surface area contributed by atoms with E-state index in [1.807, 2.05) is 25.1 Å². The molecule has 188 valence electrons. The Morgan fingerprint density at radius 1 is 1.06 bits per heavy atom. The number of rotatable bonds is 6. The molecule has 0 spiro atoms. The molecule has 7 heteroatoms. The quantitative estimate of drug-likeness (QED) is 0.521. The lowest BCUT2D eigenvalue weighted by Crippen LogP contribution is -2.55. The molecule has 0 bridgehead atoms. The zero-order valence-corrected chi connectivity index (χ0v) is 21.7. The first kappa shape index (κ1) is 24.3. The van der Waals surface area contributed by atoms with E-state index < -0.39 is 0 Å². The van der Waals surface area contributed by atoms with Crippen LogP contribution < -0.4 is 20.1 Å². The number of benzene rings is 2. The van der Waals surface area contributed by atoms with E-state index in [0.717, 1.165) is 55.0 Å². The van der Waals surface area contributed by atoms with Gasteiger partial charge in [0.25, 0.3) is 0 Å². The van der Waals surface area contributed by atoms with Gasteiger partial charge >= 0.3 is 6.03 Å². The van der Waals surface area contributed by atoms with Crippen LogP contribution in [-0.4, -0.2) is 49.8 Å². The third-order valence-corrected chi connectivity index (χ3v) is 8.82. The molecular weight excluding hydrogens is 462 g/mol. The number of aryl methyl sites for hydroxylation is 1. The Kier molecular flexibility index (Phi) is 6.86. The van der Waals surface area contributed by atoms with Crippen LogP contribution in [0.15, 0.2) is 36.4 Å². The van der Waals surface area contributed by atoms with E-state index in [2.05, 4.69) is 27.7 Å². The predicted octanol–water partition coefficient (Wildman–Crippen LogP) is 5.90. The maximum absolute atomic E-state index is 12.9. The van der Waals surface area contributed by atoms with E-state index in [9.17, 15) is 4.79 Å². The summed E-state index contributed by atoms with van der Waals surface area (Å²) in [4.78, 5) is 15.7. The minimum Gasteiger partial charge on any atom is -0.493 e. The summed E-state index contributed by atoms with van der Waals surface area (Å²) in [6, 6.07) is 13.0. The second-order valence-electron chi connectivity index (χ2n) is 10.3. The van der Waals surface area contributed by atoms with E-state index in [0.29, 0.717) is 17.1 Å². The summed E-state index contributed by atoms with van der Waals surface area (Å²) in [5.41, 5.74) is 3.15. The van der Waals surface area contributed by atoms with Crippen LogP contribution in [0.5, 0.6) is 11.5 Å². The minimum absolute atomic E-state index is 0.0767. The molecule has 0 radical (unpaired) electrons. The number of halogens is 1. The normalized spacial score (nSPS) is 26.5. The predicted molar refractivity (Wildman–Crippen MR) is 140 cm³/mol. The molecule has 2 aromatic rings. The van der Waals surface area contributed by atoms with Gasteiger partial charge in [0.2, 0.25) is 0 Å². The fourth-order valence-electron chi connectivity index (χ4n) is 6.43. The lowest BCUT2D eigenvalue weighted by molar-refractivity contribution is 0.0646. The summed E-state index contributed by atoms with van der Waals surface area (Å²) >= 11 is 6.14. The fraction of sp³-hybridized carbons (Fsp3) is 0.536. The maximum Gasteiger partial charge on any atom is 0.319 e. The fourth-order valence-corrected chi connectivity index (χ4v) is 6.60. The highest BCUT2D eigenvalue weighted by molar-refractivity contribution is 6.31. The molecule has 2 aromatic carbocycles.